The number of nitrogen functional groups attached to an aromatic ring is 1. The van der Waals surface area contributed by atoms with E-state index >= 15 is 0 Å². The van der Waals surface area contributed by atoms with Gasteiger partial charge in [0.15, 0.2) is 11.6 Å². The average molecular weight is 380 g/mol. The number of nitrogens with two attached hydrogens (primary N) is 1. The smallest absolute Gasteiger partial charge is 0.169 e. The molecule has 0 saturated heterocycles. The third-order valence-corrected chi connectivity index (χ3v) is 4.35. The lowest BCUT2D eigenvalue weighted by molar-refractivity contribution is 0.269. The molecule has 0 fully saturated rings. The largest absolute Gasteiger partial charge is 0.394 e. The zero-order valence-electron chi connectivity index (χ0n) is 15.0. The van der Waals surface area contributed by atoms with E-state index in [4.69, 9.17) is 10.8 Å². The van der Waals surface area contributed by atoms with Crippen LogP contribution in [0.2, 0.25) is 0 Å². The van der Waals surface area contributed by atoms with Gasteiger partial charge in [0.1, 0.15) is 0 Å². The Morgan fingerprint density at radius 1 is 1.14 bits per heavy atom. The summed E-state index contributed by atoms with van der Waals surface area (Å²) in [6.07, 6.45) is 8.55. The van der Waals surface area contributed by atoms with Gasteiger partial charge in [0.2, 0.25) is 0 Å². The van der Waals surface area contributed by atoms with Gasteiger partial charge >= 0.3 is 0 Å². The van der Waals surface area contributed by atoms with Gasteiger partial charge < -0.3 is 21.3 Å². The summed E-state index contributed by atoms with van der Waals surface area (Å²) in [5.74, 6) is 0.774. The maximum Gasteiger partial charge on any atom is 0.169 e. The molecule has 0 amide bonds. The van der Waals surface area contributed by atoms with Crippen LogP contribution >= 0.6 is 0 Å². The highest BCUT2D eigenvalue weighted by Gasteiger charge is 2.10. The molecule has 0 aromatic carbocycles. The van der Waals surface area contributed by atoms with Crippen molar-refractivity contribution in [1.82, 2.24) is 29.4 Å². The molecule has 0 radical (unpaired) electrons. The fourth-order valence-corrected chi connectivity index (χ4v) is 2.88. The van der Waals surface area contributed by atoms with Crippen LogP contribution in [0.15, 0.2) is 43.1 Å². The third-order valence-electron chi connectivity index (χ3n) is 4.35. The van der Waals surface area contributed by atoms with Crippen molar-refractivity contribution in [1.29, 1.82) is 0 Å². The Bertz CT molecular complexity index is 1100. The van der Waals surface area contributed by atoms with Crippen molar-refractivity contribution in [2.75, 3.05) is 17.7 Å². The van der Waals surface area contributed by atoms with Crippen LogP contribution in [0.4, 0.5) is 11.6 Å². The first kappa shape index (κ1) is 17.9. The summed E-state index contributed by atoms with van der Waals surface area (Å²) in [5, 5.41) is 30.0. The van der Waals surface area contributed by atoms with Crippen molar-refractivity contribution in [3.05, 3.63) is 54.2 Å². The van der Waals surface area contributed by atoms with E-state index in [0.29, 0.717) is 30.4 Å². The number of nitrogens with zero attached hydrogens (tertiary/aromatic N) is 6. The Balaban J connectivity index is 1.54. The van der Waals surface area contributed by atoms with Gasteiger partial charge in [0.05, 0.1) is 49.6 Å². The van der Waals surface area contributed by atoms with Crippen molar-refractivity contribution in [2.24, 2.45) is 0 Å². The maximum absolute atomic E-state index is 9.41. The fraction of sp³-hybridized carbons (Fsp3) is 0.222. The maximum atomic E-state index is 9.41. The van der Waals surface area contributed by atoms with E-state index < -0.39 is 0 Å². The average Bonchev–Trinajstić information content (AvgIpc) is 3.34. The highest BCUT2D eigenvalue weighted by molar-refractivity contribution is 5.64. The summed E-state index contributed by atoms with van der Waals surface area (Å²) in [7, 11) is 0. The Hall–Kier alpha value is -3.50. The quantitative estimate of drug-likeness (QED) is 0.367. The number of aliphatic hydroxyl groups is 2. The minimum absolute atomic E-state index is 0.0148. The highest BCUT2D eigenvalue weighted by Crippen LogP contribution is 2.21. The molecule has 0 unspecified atom stereocenters. The summed E-state index contributed by atoms with van der Waals surface area (Å²) in [4.78, 5) is 8.76. The Labute approximate surface area is 160 Å². The number of aromatic nitrogens is 6. The van der Waals surface area contributed by atoms with Crippen LogP contribution in [0, 0.1) is 0 Å². The first-order chi connectivity index (χ1) is 13.7. The molecule has 0 aliphatic heterocycles. The molecule has 10 nitrogen and oxygen atoms in total. The molecule has 4 aromatic heterocycles. The number of pyridine rings is 1. The summed E-state index contributed by atoms with van der Waals surface area (Å²) >= 11 is 0. The predicted molar refractivity (Wildman–Crippen MR) is 103 cm³/mol. The number of rotatable bonds is 7. The summed E-state index contributed by atoms with van der Waals surface area (Å²) in [5.41, 5.74) is 10.0. The molecule has 4 aromatic rings. The van der Waals surface area contributed by atoms with Gasteiger partial charge in [-0.3, -0.25) is 4.68 Å². The molecule has 10 heteroatoms. The van der Waals surface area contributed by atoms with Crippen LogP contribution in [0.5, 0.6) is 0 Å². The first-order valence-corrected chi connectivity index (χ1v) is 8.74. The van der Waals surface area contributed by atoms with E-state index in [2.05, 4.69) is 25.5 Å². The first-order valence-electron chi connectivity index (χ1n) is 8.74. The fourth-order valence-electron chi connectivity index (χ4n) is 2.88. The Kier molecular flexibility index (Phi) is 4.87. The molecule has 0 atom stereocenters. The number of nitrogens with one attached hydrogen (secondary N) is 1. The van der Waals surface area contributed by atoms with Crippen LogP contribution in [0.1, 0.15) is 11.1 Å². The zero-order chi connectivity index (χ0) is 19.5. The van der Waals surface area contributed by atoms with Crippen LogP contribution in [-0.4, -0.2) is 46.2 Å². The molecule has 0 aliphatic rings. The van der Waals surface area contributed by atoms with E-state index in [-0.39, 0.29) is 13.2 Å². The number of hydrogen-bond acceptors (Lipinski definition) is 8. The molecule has 144 valence electrons. The molecule has 4 heterocycles. The van der Waals surface area contributed by atoms with Crippen LogP contribution < -0.4 is 11.1 Å². The monoisotopic (exact) mass is 380 g/mol. The van der Waals surface area contributed by atoms with Crippen LogP contribution in [0.25, 0.3) is 16.8 Å². The molecular formula is C18H20N8O2. The lowest BCUT2D eigenvalue weighted by Crippen LogP contribution is -2.07. The highest BCUT2D eigenvalue weighted by atomic mass is 16.3. The number of fused-ring (bicyclic) bond motifs is 1. The third kappa shape index (κ3) is 3.50. The normalized spacial score (nSPS) is 11.2. The van der Waals surface area contributed by atoms with E-state index in [0.717, 1.165) is 22.2 Å². The molecule has 0 spiro atoms. The minimum Gasteiger partial charge on any atom is -0.394 e. The summed E-state index contributed by atoms with van der Waals surface area (Å²) < 4.78 is 3.36. The lowest BCUT2D eigenvalue weighted by Gasteiger charge is -2.09. The van der Waals surface area contributed by atoms with Gasteiger partial charge in [0, 0.05) is 30.1 Å². The van der Waals surface area contributed by atoms with E-state index in [9.17, 15) is 5.11 Å². The van der Waals surface area contributed by atoms with Crippen molar-refractivity contribution >= 4 is 17.2 Å². The van der Waals surface area contributed by atoms with Crippen molar-refractivity contribution in [3.8, 4) is 11.3 Å². The van der Waals surface area contributed by atoms with Gasteiger partial charge in [-0.2, -0.15) is 10.2 Å². The Morgan fingerprint density at radius 2 is 2.04 bits per heavy atom. The molecule has 0 aliphatic carbocycles. The molecule has 5 N–H and O–H groups in total. The minimum atomic E-state index is -0.0647. The van der Waals surface area contributed by atoms with Gasteiger partial charge in [-0.25, -0.2) is 14.5 Å². The molecule has 28 heavy (non-hydrogen) atoms. The number of hydrogen-bond donors (Lipinski definition) is 4. The van der Waals surface area contributed by atoms with Crippen molar-refractivity contribution in [2.45, 2.75) is 19.7 Å². The summed E-state index contributed by atoms with van der Waals surface area (Å²) in [6, 6.07) is 3.89. The van der Waals surface area contributed by atoms with Gasteiger partial charge in [0.25, 0.3) is 0 Å². The van der Waals surface area contributed by atoms with E-state index in [1.165, 1.54) is 0 Å². The van der Waals surface area contributed by atoms with E-state index in [1.54, 1.807) is 34.0 Å². The van der Waals surface area contributed by atoms with Crippen LogP contribution in [-0.2, 0) is 19.7 Å². The zero-order valence-corrected chi connectivity index (χ0v) is 15.0. The molecule has 0 saturated carbocycles. The van der Waals surface area contributed by atoms with Crippen LogP contribution in [0.3, 0.4) is 0 Å². The molecular weight excluding hydrogens is 360 g/mol. The van der Waals surface area contributed by atoms with E-state index in [1.807, 2.05) is 18.3 Å². The van der Waals surface area contributed by atoms with Crippen molar-refractivity contribution in [3.63, 3.8) is 0 Å². The Morgan fingerprint density at radius 3 is 2.86 bits per heavy atom. The lowest BCUT2D eigenvalue weighted by atomic mass is 10.2. The SMILES string of the molecule is Nc1ncc(-c2cnn(CCO)c2)nc1NCc1ccn2ncc(CO)c2c1. The molecule has 4 rings (SSSR count). The second-order valence-corrected chi connectivity index (χ2v) is 6.25. The van der Waals surface area contributed by atoms with Crippen molar-refractivity contribution < 1.29 is 10.2 Å². The predicted octanol–water partition coefficient (Wildman–Crippen LogP) is 0.667. The summed E-state index contributed by atoms with van der Waals surface area (Å²) in [6.45, 7) is 0.852. The van der Waals surface area contributed by atoms with Gasteiger partial charge in [-0.15, -0.1) is 0 Å². The standard InChI is InChI=1S/C18H20N8O2/c19-17-18(24-15(9-20-17)13-7-22-25(10-13)3-4-27)21-6-12-1-2-26-16(5-12)14(11-28)8-23-26/h1-2,5,7-10,27-28H,3-4,6,11H2,(H2,19,20)(H,21,24). The van der Waals surface area contributed by atoms with Gasteiger partial charge in [-0.1, -0.05) is 0 Å². The number of aliphatic hydroxyl groups excluding tert-OH is 2. The molecule has 0 bridgehead atoms. The van der Waals surface area contributed by atoms with Gasteiger partial charge in [-0.05, 0) is 17.7 Å². The number of anilines is 2. The second kappa shape index (κ2) is 7.62. The second-order valence-electron chi connectivity index (χ2n) is 6.25. The topological polar surface area (TPSA) is 139 Å².